The highest BCUT2D eigenvalue weighted by Gasteiger charge is 2.14. The van der Waals surface area contributed by atoms with E-state index in [0.717, 1.165) is 19.6 Å². The van der Waals surface area contributed by atoms with Crippen molar-refractivity contribution >= 4 is 17.7 Å². The molecule has 1 aliphatic rings. The predicted octanol–water partition coefficient (Wildman–Crippen LogP) is 1.73. The SMILES string of the molecule is CSC(C)CNCC(=O)N1CCCCCC1. The van der Waals surface area contributed by atoms with Crippen LogP contribution in [0, 0.1) is 0 Å². The molecule has 1 fully saturated rings. The van der Waals surface area contributed by atoms with Gasteiger partial charge in [0.2, 0.25) is 5.91 Å². The molecule has 94 valence electrons. The van der Waals surface area contributed by atoms with Gasteiger partial charge in [-0.25, -0.2) is 0 Å². The zero-order valence-electron chi connectivity index (χ0n) is 10.5. The molecule has 4 heteroatoms. The van der Waals surface area contributed by atoms with Gasteiger partial charge in [0.05, 0.1) is 6.54 Å². The molecule has 1 amide bonds. The highest BCUT2D eigenvalue weighted by Crippen LogP contribution is 2.09. The second-order valence-corrected chi connectivity index (χ2v) is 5.75. The smallest absolute Gasteiger partial charge is 0.236 e. The van der Waals surface area contributed by atoms with E-state index in [-0.39, 0.29) is 5.91 Å². The molecule has 1 N–H and O–H groups in total. The molecule has 0 aliphatic carbocycles. The molecule has 1 atom stereocenters. The Bertz CT molecular complexity index is 203. The molecule has 0 aromatic rings. The van der Waals surface area contributed by atoms with Crippen molar-refractivity contribution in [3.8, 4) is 0 Å². The lowest BCUT2D eigenvalue weighted by Gasteiger charge is -2.20. The van der Waals surface area contributed by atoms with Gasteiger partial charge >= 0.3 is 0 Å². The van der Waals surface area contributed by atoms with E-state index >= 15 is 0 Å². The fourth-order valence-electron chi connectivity index (χ4n) is 1.90. The minimum absolute atomic E-state index is 0.273. The lowest BCUT2D eigenvalue weighted by molar-refractivity contribution is -0.130. The van der Waals surface area contributed by atoms with E-state index < -0.39 is 0 Å². The van der Waals surface area contributed by atoms with Gasteiger partial charge in [-0.1, -0.05) is 19.8 Å². The van der Waals surface area contributed by atoms with Gasteiger partial charge in [-0.05, 0) is 19.1 Å². The first-order valence-corrected chi connectivity index (χ1v) is 7.54. The number of nitrogens with one attached hydrogen (secondary N) is 1. The van der Waals surface area contributed by atoms with Crippen molar-refractivity contribution in [3.63, 3.8) is 0 Å². The first-order chi connectivity index (χ1) is 7.74. The van der Waals surface area contributed by atoms with E-state index in [4.69, 9.17) is 0 Å². The monoisotopic (exact) mass is 244 g/mol. The van der Waals surface area contributed by atoms with Crippen molar-refractivity contribution in [2.45, 2.75) is 37.9 Å². The maximum Gasteiger partial charge on any atom is 0.236 e. The number of carbonyl (C=O) groups excluding carboxylic acids is 1. The van der Waals surface area contributed by atoms with Crippen molar-refractivity contribution in [1.82, 2.24) is 10.2 Å². The van der Waals surface area contributed by atoms with E-state index in [0.29, 0.717) is 11.8 Å². The second kappa shape index (κ2) is 7.96. The topological polar surface area (TPSA) is 32.3 Å². The van der Waals surface area contributed by atoms with Crippen LogP contribution in [0.2, 0.25) is 0 Å². The van der Waals surface area contributed by atoms with Crippen molar-refractivity contribution in [2.75, 3.05) is 32.4 Å². The summed E-state index contributed by atoms with van der Waals surface area (Å²) in [6.45, 7) is 5.51. The average Bonchev–Trinajstić information content (AvgIpc) is 2.57. The highest BCUT2D eigenvalue weighted by molar-refractivity contribution is 7.99. The molecule has 16 heavy (non-hydrogen) atoms. The van der Waals surface area contributed by atoms with Crippen LogP contribution < -0.4 is 5.32 Å². The number of carbonyl (C=O) groups is 1. The Labute approximate surface area is 103 Å². The van der Waals surface area contributed by atoms with Crippen LogP contribution in [-0.2, 0) is 4.79 Å². The van der Waals surface area contributed by atoms with Gasteiger partial charge in [0, 0.05) is 24.9 Å². The molecule has 0 radical (unpaired) electrons. The molecular weight excluding hydrogens is 220 g/mol. The van der Waals surface area contributed by atoms with Crippen molar-refractivity contribution in [1.29, 1.82) is 0 Å². The quantitative estimate of drug-likeness (QED) is 0.799. The number of thioether (sulfide) groups is 1. The van der Waals surface area contributed by atoms with Crippen LogP contribution >= 0.6 is 11.8 Å². The van der Waals surface area contributed by atoms with Crippen LogP contribution in [0.3, 0.4) is 0 Å². The van der Waals surface area contributed by atoms with Crippen LogP contribution in [-0.4, -0.2) is 48.5 Å². The molecule has 0 spiro atoms. The summed E-state index contributed by atoms with van der Waals surface area (Å²) in [6.07, 6.45) is 7.00. The minimum Gasteiger partial charge on any atom is -0.342 e. The highest BCUT2D eigenvalue weighted by atomic mass is 32.2. The van der Waals surface area contributed by atoms with E-state index in [1.165, 1.54) is 25.7 Å². The lowest BCUT2D eigenvalue weighted by atomic mass is 10.2. The molecule has 1 saturated heterocycles. The maximum atomic E-state index is 11.9. The summed E-state index contributed by atoms with van der Waals surface area (Å²) >= 11 is 1.83. The largest absolute Gasteiger partial charge is 0.342 e. The van der Waals surface area contributed by atoms with E-state index in [2.05, 4.69) is 18.5 Å². The Morgan fingerprint density at radius 1 is 1.31 bits per heavy atom. The van der Waals surface area contributed by atoms with Crippen LogP contribution in [0.25, 0.3) is 0 Å². The Hall–Kier alpha value is -0.220. The van der Waals surface area contributed by atoms with Crippen LogP contribution in [0.4, 0.5) is 0 Å². The summed E-state index contributed by atoms with van der Waals surface area (Å²) in [7, 11) is 0. The van der Waals surface area contributed by atoms with Crippen molar-refractivity contribution in [3.05, 3.63) is 0 Å². The fourth-order valence-corrected chi connectivity index (χ4v) is 2.18. The zero-order valence-corrected chi connectivity index (χ0v) is 11.3. The normalized spacial score (nSPS) is 19.2. The van der Waals surface area contributed by atoms with Crippen molar-refractivity contribution in [2.24, 2.45) is 0 Å². The average molecular weight is 244 g/mol. The number of hydrogen-bond donors (Lipinski definition) is 1. The Morgan fingerprint density at radius 2 is 1.94 bits per heavy atom. The van der Waals surface area contributed by atoms with E-state index in [1.807, 2.05) is 16.7 Å². The van der Waals surface area contributed by atoms with Crippen LogP contribution in [0.1, 0.15) is 32.6 Å². The fraction of sp³-hybridized carbons (Fsp3) is 0.917. The van der Waals surface area contributed by atoms with Gasteiger partial charge in [-0.3, -0.25) is 4.79 Å². The molecule has 0 bridgehead atoms. The molecule has 1 heterocycles. The van der Waals surface area contributed by atoms with Gasteiger partial charge in [0.1, 0.15) is 0 Å². The van der Waals surface area contributed by atoms with Gasteiger partial charge < -0.3 is 10.2 Å². The van der Waals surface area contributed by atoms with Gasteiger partial charge in [-0.15, -0.1) is 0 Å². The Balaban J connectivity index is 2.17. The number of likely N-dealkylation sites (tertiary alicyclic amines) is 1. The molecule has 1 unspecified atom stereocenters. The minimum atomic E-state index is 0.273. The number of hydrogen-bond acceptors (Lipinski definition) is 3. The summed E-state index contributed by atoms with van der Waals surface area (Å²) < 4.78 is 0. The Morgan fingerprint density at radius 3 is 2.50 bits per heavy atom. The summed E-state index contributed by atoms with van der Waals surface area (Å²) in [4.78, 5) is 13.9. The van der Waals surface area contributed by atoms with Gasteiger partial charge in [0.15, 0.2) is 0 Å². The summed E-state index contributed by atoms with van der Waals surface area (Å²) in [5, 5.41) is 3.82. The predicted molar refractivity (Wildman–Crippen MR) is 70.9 cm³/mol. The molecule has 0 aromatic heterocycles. The molecule has 0 aromatic carbocycles. The number of amides is 1. The molecule has 0 saturated carbocycles. The van der Waals surface area contributed by atoms with E-state index in [1.54, 1.807) is 0 Å². The first-order valence-electron chi connectivity index (χ1n) is 6.25. The summed E-state index contributed by atoms with van der Waals surface area (Å²) in [5.74, 6) is 0.273. The van der Waals surface area contributed by atoms with E-state index in [9.17, 15) is 4.79 Å². The van der Waals surface area contributed by atoms with Crippen molar-refractivity contribution < 1.29 is 4.79 Å². The molecule has 1 rings (SSSR count). The molecule has 3 nitrogen and oxygen atoms in total. The molecule has 1 aliphatic heterocycles. The van der Waals surface area contributed by atoms with Gasteiger partial charge in [0.25, 0.3) is 0 Å². The Kier molecular flexibility index (Phi) is 6.88. The third-order valence-corrected chi connectivity index (χ3v) is 4.04. The third-order valence-electron chi connectivity index (χ3n) is 3.07. The second-order valence-electron chi connectivity index (χ2n) is 4.47. The lowest BCUT2D eigenvalue weighted by Crippen LogP contribution is -2.40. The zero-order chi connectivity index (χ0) is 11.8. The maximum absolute atomic E-state index is 11.9. The first kappa shape index (κ1) is 13.8. The van der Waals surface area contributed by atoms with Gasteiger partial charge in [-0.2, -0.15) is 11.8 Å². The standard InChI is InChI=1S/C12H24N2OS/c1-11(16-2)9-13-10-12(15)14-7-5-3-4-6-8-14/h11,13H,3-10H2,1-2H3. The number of rotatable bonds is 5. The third kappa shape index (κ3) is 5.21. The summed E-state index contributed by atoms with van der Waals surface area (Å²) in [5.41, 5.74) is 0. The molecular formula is C12H24N2OS. The van der Waals surface area contributed by atoms with Crippen LogP contribution in [0.5, 0.6) is 0 Å². The summed E-state index contributed by atoms with van der Waals surface area (Å²) in [6, 6.07) is 0. The number of nitrogens with zero attached hydrogens (tertiary/aromatic N) is 1. The van der Waals surface area contributed by atoms with Crippen LogP contribution in [0.15, 0.2) is 0 Å².